The van der Waals surface area contributed by atoms with Crippen LogP contribution in [0.2, 0.25) is 0 Å². The summed E-state index contributed by atoms with van der Waals surface area (Å²) in [6, 6.07) is 17.8. The number of benzene rings is 3. The number of amides is 2. The van der Waals surface area contributed by atoms with Crippen molar-refractivity contribution in [3.63, 3.8) is 0 Å². The van der Waals surface area contributed by atoms with Crippen molar-refractivity contribution in [3.05, 3.63) is 83.4 Å². The fraction of sp³-hybridized carbons (Fsp3) is 0.280. The summed E-state index contributed by atoms with van der Waals surface area (Å²) in [6.45, 7) is -0.208. The van der Waals surface area contributed by atoms with E-state index in [1.54, 1.807) is 0 Å². The molecule has 0 aliphatic carbocycles. The number of halogens is 2. The molecule has 6 heteroatoms. The fourth-order valence-electron chi connectivity index (χ4n) is 4.32. The predicted molar refractivity (Wildman–Crippen MR) is 115 cm³/mol. The standard InChI is InChI=1S/C25H24F2N2O2/c26-21-9-4-10-22(27)20(21)16-28-23(30)11-13-25(14-12-24(31)29-25)15-18-7-3-6-17-5-1-2-8-19(17)18/h1-10H,11-16H2,(H,28,30)(H,29,31). The van der Waals surface area contributed by atoms with Crippen LogP contribution in [0.15, 0.2) is 60.7 Å². The first-order valence-corrected chi connectivity index (χ1v) is 10.4. The molecule has 1 unspecified atom stereocenters. The lowest BCUT2D eigenvalue weighted by Crippen LogP contribution is -2.44. The Morgan fingerprint density at radius 1 is 1.00 bits per heavy atom. The van der Waals surface area contributed by atoms with E-state index in [0.29, 0.717) is 25.7 Å². The minimum atomic E-state index is -0.684. The molecular formula is C25H24F2N2O2. The van der Waals surface area contributed by atoms with Crippen LogP contribution in [0.25, 0.3) is 10.8 Å². The molecule has 1 heterocycles. The van der Waals surface area contributed by atoms with Gasteiger partial charge >= 0.3 is 0 Å². The van der Waals surface area contributed by atoms with Gasteiger partial charge in [-0.3, -0.25) is 9.59 Å². The minimum absolute atomic E-state index is 0.0194. The molecule has 2 amide bonds. The molecule has 1 aliphatic heterocycles. The third-order valence-electron chi connectivity index (χ3n) is 6.00. The number of hydrogen-bond acceptors (Lipinski definition) is 2. The minimum Gasteiger partial charge on any atom is -0.352 e. The Morgan fingerprint density at radius 3 is 2.45 bits per heavy atom. The molecule has 3 aromatic carbocycles. The van der Waals surface area contributed by atoms with E-state index in [-0.39, 0.29) is 30.3 Å². The van der Waals surface area contributed by atoms with Crippen LogP contribution in [0.3, 0.4) is 0 Å². The van der Waals surface area contributed by atoms with Crippen molar-refractivity contribution < 1.29 is 18.4 Å². The number of nitrogens with one attached hydrogen (secondary N) is 2. The first-order chi connectivity index (χ1) is 15.0. The number of fused-ring (bicyclic) bond motifs is 1. The van der Waals surface area contributed by atoms with E-state index >= 15 is 0 Å². The topological polar surface area (TPSA) is 58.2 Å². The van der Waals surface area contributed by atoms with Gasteiger partial charge in [-0.2, -0.15) is 0 Å². The third-order valence-corrected chi connectivity index (χ3v) is 6.00. The zero-order valence-corrected chi connectivity index (χ0v) is 17.1. The quantitative estimate of drug-likeness (QED) is 0.593. The number of carbonyl (C=O) groups excluding carboxylic acids is 2. The summed E-state index contributed by atoms with van der Waals surface area (Å²) in [6.07, 6.45) is 2.29. The Morgan fingerprint density at radius 2 is 1.71 bits per heavy atom. The van der Waals surface area contributed by atoms with Gasteiger partial charge in [0.1, 0.15) is 11.6 Å². The summed E-state index contributed by atoms with van der Waals surface area (Å²) in [7, 11) is 0. The maximum Gasteiger partial charge on any atom is 0.220 e. The number of carbonyl (C=O) groups is 2. The monoisotopic (exact) mass is 422 g/mol. The van der Waals surface area contributed by atoms with E-state index < -0.39 is 17.2 Å². The molecule has 1 saturated heterocycles. The summed E-state index contributed by atoms with van der Waals surface area (Å²) >= 11 is 0. The Bertz CT molecular complexity index is 1110. The second kappa shape index (κ2) is 8.84. The maximum atomic E-state index is 13.8. The molecule has 0 saturated carbocycles. The molecule has 0 aromatic heterocycles. The van der Waals surface area contributed by atoms with Gasteiger partial charge < -0.3 is 10.6 Å². The lowest BCUT2D eigenvalue weighted by Gasteiger charge is -2.30. The first-order valence-electron chi connectivity index (χ1n) is 10.4. The molecular weight excluding hydrogens is 398 g/mol. The largest absolute Gasteiger partial charge is 0.352 e. The summed E-state index contributed by atoms with van der Waals surface area (Å²) < 4.78 is 27.5. The maximum absolute atomic E-state index is 13.8. The van der Waals surface area contributed by atoms with Gasteiger partial charge in [0.15, 0.2) is 0 Å². The van der Waals surface area contributed by atoms with Crippen LogP contribution in [0.4, 0.5) is 8.78 Å². The van der Waals surface area contributed by atoms with E-state index in [9.17, 15) is 18.4 Å². The molecule has 1 fully saturated rings. The molecule has 1 aliphatic rings. The van der Waals surface area contributed by atoms with Crippen molar-refractivity contribution in [1.29, 1.82) is 0 Å². The number of rotatable bonds is 7. The van der Waals surface area contributed by atoms with Gasteiger partial charge in [-0.25, -0.2) is 8.78 Å². The van der Waals surface area contributed by atoms with E-state index in [1.807, 2.05) is 30.3 Å². The second-order valence-electron chi connectivity index (χ2n) is 8.12. The lowest BCUT2D eigenvalue weighted by atomic mass is 9.83. The van der Waals surface area contributed by atoms with E-state index in [0.717, 1.165) is 28.5 Å². The van der Waals surface area contributed by atoms with Crippen molar-refractivity contribution in [2.75, 3.05) is 0 Å². The zero-order chi connectivity index (χ0) is 21.8. The molecule has 0 radical (unpaired) electrons. The molecule has 2 N–H and O–H groups in total. The molecule has 4 rings (SSSR count). The van der Waals surface area contributed by atoms with Crippen molar-refractivity contribution in [3.8, 4) is 0 Å². The van der Waals surface area contributed by atoms with E-state index in [4.69, 9.17) is 0 Å². The highest BCUT2D eigenvalue weighted by Gasteiger charge is 2.38. The fourth-order valence-corrected chi connectivity index (χ4v) is 4.32. The van der Waals surface area contributed by atoms with Gasteiger partial charge in [0.05, 0.1) is 0 Å². The summed E-state index contributed by atoms with van der Waals surface area (Å²) in [4.78, 5) is 24.5. The first kappa shape index (κ1) is 21.0. The smallest absolute Gasteiger partial charge is 0.220 e. The van der Waals surface area contributed by atoms with Crippen LogP contribution in [0, 0.1) is 11.6 Å². The second-order valence-corrected chi connectivity index (χ2v) is 8.12. The lowest BCUT2D eigenvalue weighted by molar-refractivity contribution is -0.122. The van der Waals surface area contributed by atoms with Crippen molar-refractivity contribution >= 4 is 22.6 Å². The summed E-state index contributed by atoms with van der Waals surface area (Å²) in [5.41, 5.74) is 0.451. The summed E-state index contributed by atoms with van der Waals surface area (Å²) in [5.74, 6) is -1.69. The summed E-state index contributed by atoms with van der Waals surface area (Å²) in [5, 5.41) is 7.94. The van der Waals surface area contributed by atoms with Crippen LogP contribution in [0.1, 0.15) is 36.8 Å². The van der Waals surface area contributed by atoms with Crippen molar-refractivity contribution in [2.24, 2.45) is 0 Å². The molecule has 4 nitrogen and oxygen atoms in total. The third kappa shape index (κ3) is 4.74. The van der Waals surface area contributed by atoms with Gasteiger partial charge in [0.25, 0.3) is 0 Å². The van der Waals surface area contributed by atoms with Crippen molar-refractivity contribution in [2.45, 2.75) is 44.2 Å². The van der Waals surface area contributed by atoms with E-state index in [2.05, 4.69) is 22.8 Å². The normalized spacial score (nSPS) is 18.2. The Balaban J connectivity index is 1.45. The highest BCUT2D eigenvalue weighted by Crippen LogP contribution is 2.32. The molecule has 3 aromatic rings. The van der Waals surface area contributed by atoms with Crippen LogP contribution < -0.4 is 10.6 Å². The average molecular weight is 422 g/mol. The van der Waals surface area contributed by atoms with E-state index in [1.165, 1.54) is 6.07 Å². The Labute approximate surface area is 179 Å². The molecule has 160 valence electrons. The molecule has 0 bridgehead atoms. The van der Waals surface area contributed by atoms with Gasteiger partial charge in [-0.05, 0) is 47.7 Å². The van der Waals surface area contributed by atoms with Crippen molar-refractivity contribution in [1.82, 2.24) is 10.6 Å². The van der Waals surface area contributed by atoms with Gasteiger partial charge in [-0.1, -0.05) is 48.5 Å². The van der Waals surface area contributed by atoms with Gasteiger partial charge in [-0.15, -0.1) is 0 Å². The van der Waals surface area contributed by atoms with Crippen LogP contribution >= 0.6 is 0 Å². The number of hydrogen-bond donors (Lipinski definition) is 2. The van der Waals surface area contributed by atoms with Gasteiger partial charge in [0.2, 0.25) is 11.8 Å². The molecule has 1 atom stereocenters. The average Bonchev–Trinajstić information content (AvgIpc) is 3.13. The Kier molecular flexibility index (Phi) is 5.98. The highest BCUT2D eigenvalue weighted by molar-refractivity contribution is 5.86. The van der Waals surface area contributed by atoms with Crippen LogP contribution in [-0.2, 0) is 22.6 Å². The van der Waals surface area contributed by atoms with Crippen LogP contribution in [-0.4, -0.2) is 17.4 Å². The van der Waals surface area contributed by atoms with Crippen LogP contribution in [0.5, 0.6) is 0 Å². The highest BCUT2D eigenvalue weighted by atomic mass is 19.1. The molecule has 0 spiro atoms. The SMILES string of the molecule is O=C(CCC1(Cc2cccc3ccccc23)CCC(=O)N1)NCc1c(F)cccc1F. The molecule has 31 heavy (non-hydrogen) atoms. The Hall–Kier alpha value is -3.28. The predicted octanol–water partition coefficient (Wildman–Crippen LogP) is 4.41. The van der Waals surface area contributed by atoms with Gasteiger partial charge in [0, 0.05) is 30.5 Å². The zero-order valence-electron chi connectivity index (χ0n) is 17.1.